The molecule has 0 aromatic heterocycles. The number of methoxy groups -OCH3 is 2. The summed E-state index contributed by atoms with van der Waals surface area (Å²) in [6.45, 7) is 4.25. The van der Waals surface area contributed by atoms with Gasteiger partial charge in [0.1, 0.15) is 11.5 Å². The normalized spacial score (nSPS) is 15.7. The van der Waals surface area contributed by atoms with Gasteiger partial charge in [-0.25, -0.2) is 0 Å². The second-order valence-corrected chi connectivity index (χ2v) is 4.38. The number of aryl methyl sites for hydroxylation is 1. The fourth-order valence-corrected chi connectivity index (χ4v) is 2.10. The third-order valence-corrected chi connectivity index (χ3v) is 3.11. The summed E-state index contributed by atoms with van der Waals surface area (Å²) < 4.78 is 10.9. The van der Waals surface area contributed by atoms with E-state index in [1.807, 2.05) is 0 Å². The van der Waals surface area contributed by atoms with Crippen LogP contribution < -0.4 is 14.8 Å². The summed E-state index contributed by atoms with van der Waals surface area (Å²) in [7, 11) is 3.44. The third kappa shape index (κ3) is 2.14. The van der Waals surface area contributed by atoms with Crippen LogP contribution in [0.3, 0.4) is 0 Å². The summed E-state index contributed by atoms with van der Waals surface area (Å²) in [6, 6.07) is 4.15. The zero-order valence-electron chi connectivity index (χ0n) is 10.2. The molecule has 0 radical (unpaired) electrons. The van der Waals surface area contributed by atoms with E-state index in [0.29, 0.717) is 5.92 Å². The van der Waals surface area contributed by atoms with Crippen molar-refractivity contribution in [3.63, 3.8) is 0 Å². The highest BCUT2D eigenvalue weighted by Gasteiger charge is 2.21. The van der Waals surface area contributed by atoms with Crippen molar-refractivity contribution in [1.82, 2.24) is 5.32 Å². The van der Waals surface area contributed by atoms with E-state index in [0.717, 1.165) is 31.0 Å². The lowest BCUT2D eigenvalue weighted by Gasteiger charge is -2.28. The molecule has 1 aliphatic heterocycles. The van der Waals surface area contributed by atoms with Crippen molar-refractivity contribution in [2.75, 3.05) is 27.3 Å². The molecular weight excluding hydrogens is 202 g/mol. The van der Waals surface area contributed by atoms with Crippen LogP contribution in [0.25, 0.3) is 0 Å². The molecule has 0 atom stereocenters. The van der Waals surface area contributed by atoms with Crippen molar-refractivity contribution in [3.05, 3.63) is 23.3 Å². The first kappa shape index (κ1) is 11.3. The van der Waals surface area contributed by atoms with Crippen LogP contribution in [0.4, 0.5) is 0 Å². The first-order chi connectivity index (χ1) is 7.74. The minimum Gasteiger partial charge on any atom is -0.496 e. The number of nitrogens with one attached hydrogen (secondary N) is 1. The number of hydrogen-bond donors (Lipinski definition) is 1. The molecule has 0 aliphatic carbocycles. The second kappa shape index (κ2) is 4.74. The van der Waals surface area contributed by atoms with E-state index in [1.165, 1.54) is 11.1 Å². The Balaban J connectivity index is 2.30. The fraction of sp³-hybridized carbons (Fsp3) is 0.538. The Bertz CT molecular complexity index is 347. The molecule has 0 bridgehead atoms. The number of rotatable bonds is 4. The van der Waals surface area contributed by atoms with Crippen LogP contribution in [0.2, 0.25) is 0 Å². The minimum atomic E-state index is 0.713. The van der Waals surface area contributed by atoms with Crippen molar-refractivity contribution in [2.45, 2.75) is 13.3 Å². The van der Waals surface area contributed by atoms with Crippen LogP contribution in [0.15, 0.2) is 12.1 Å². The molecule has 3 heteroatoms. The zero-order valence-corrected chi connectivity index (χ0v) is 10.2. The van der Waals surface area contributed by atoms with Crippen molar-refractivity contribution in [2.24, 2.45) is 5.92 Å². The van der Waals surface area contributed by atoms with E-state index in [-0.39, 0.29) is 0 Å². The molecule has 1 aliphatic rings. The first-order valence-electron chi connectivity index (χ1n) is 5.66. The Hall–Kier alpha value is -1.22. The van der Waals surface area contributed by atoms with Crippen molar-refractivity contribution in [1.29, 1.82) is 0 Å². The molecule has 0 unspecified atom stereocenters. The number of hydrogen-bond acceptors (Lipinski definition) is 3. The highest BCUT2D eigenvalue weighted by Crippen LogP contribution is 2.33. The van der Waals surface area contributed by atoms with Gasteiger partial charge in [-0.1, -0.05) is 0 Å². The molecule has 88 valence electrons. The Morgan fingerprint density at radius 2 is 1.75 bits per heavy atom. The summed E-state index contributed by atoms with van der Waals surface area (Å²) in [5.74, 6) is 2.61. The molecule has 0 spiro atoms. The van der Waals surface area contributed by atoms with Gasteiger partial charge in [0.2, 0.25) is 0 Å². The van der Waals surface area contributed by atoms with Gasteiger partial charge in [-0.2, -0.15) is 0 Å². The van der Waals surface area contributed by atoms with Gasteiger partial charge >= 0.3 is 0 Å². The van der Waals surface area contributed by atoms with E-state index >= 15 is 0 Å². The first-order valence-corrected chi connectivity index (χ1v) is 5.66. The Morgan fingerprint density at radius 3 is 2.12 bits per heavy atom. The number of ether oxygens (including phenoxy) is 2. The van der Waals surface area contributed by atoms with E-state index < -0.39 is 0 Å². The second-order valence-electron chi connectivity index (χ2n) is 4.38. The molecule has 3 nitrogen and oxygen atoms in total. The minimum absolute atomic E-state index is 0.713. The average Bonchev–Trinajstić information content (AvgIpc) is 2.23. The fourth-order valence-electron chi connectivity index (χ4n) is 2.10. The van der Waals surface area contributed by atoms with Gasteiger partial charge in [0, 0.05) is 5.56 Å². The predicted molar refractivity (Wildman–Crippen MR) is 64.3 cm³/mol. The van der Waals surface area contributed by atoms with Gasteiger partial charge in [-0.05, 0) is 50.0 Å². The van der Waals surface area contributed by atoms with Crippen LogP contribution in [-0.4, -0.2) is 27.3 Å². The molecule has 2 rings (SSSR count). The maximum atomic E-state index is 5.44. The molecule has 1 fully saturated rings. The van der Waals surface area contributed by atoms with Crippen LogP contribution in [0.1, 0.15) is 11.1 Å². The molecule has 16 heavy (non-hydrogen) atoms. The molecule has 1 aromatic rings. The predicted octanol–water partition coefficient (Wildman–Crippen LogP) is 1.77. The van der Waals surface area contributed by atoms with Gasteiger partial charge in [0.05, 0.1) is 14.2 Å². The quantitative estimate of drug-likeness (QED) is 0.840. The smallest absolute Gasteiger partial charge is 0.126 e. The van der Waals surface area contributed by atoms with E-state index in [2.05, 4.69) is 24.4 Å². The topological polar surface area (TPSA) is 30.5 Å². The standard InChI is InChI=1S/C13H19NO2/c1-9-4-12(15-2)11(13(5-9)16-3)6-10-7-14-8-10/h4-5,10,14H,6-8H2,1-3H3. The van der Waals surface area contributed by atoms with Crippen LogP contribution in [0.5, 0.6) is 11.5 Å². The van der Waals surface area contributed by atoms with Crippen molar-refractivity contribution < 1.29 is 9.47 Å². The summed E-state index contributed by atoms with van der Waals surface area (Å²) in [4.78, 5) is 0. The molecule has 1 heterocycles. The Morgan fingerprint density at radius 1 is 1.19 bits per heavy atom. The molecule has 1 saturated heterocycles. The molecule has 0 saturated carbocycles. The van der Waals surface area contributed by atoms with E-state index in [1.54, 1.807) is 14.2 Å². The third-order valence-electron chi connectivity index (χ3n) is 3.11. The number of benzene rings is 1. The van der Waals surface area contributed by atoms with Gasteiger partial charge in [0.15, 0.2) is 0 Å². The maximum Gasteiger partial charge on any atom is 0.126 e. The van der Waals surface area contributed by atoms with Gasteiger partial charge in [-0.3, -0.25) is 0 Å². The van der Waals surface area contributed by atoms with Crippen molar-refractivity contribution in [3.8, 4) is 11.5 Å². The highest BCUT2D eigenvalue weighted by molar-refractivity contribution is 5.48. The van der Waals surface area contributed by atoms with Gasteiger partial charge in [-0.15, -0.1) is 0 Å². The largest absolute Gasteiger partial charge is 0.496 e. The van der Waals surface area contributed by atoms with Gasteiger partial charge in [0.25, 0.3) is 0 Å². The molecule has 1 N–H and O–H groups in total. The lowest BCUT2D eigenvalue weighted by atomic mass is 9.92. The summed E-state index contributed by atoms with van der Waals surface area (Å²) in [5.41, 5.74) is 2.37. The monoisotopic (exact) mass is 221 g/mol. The van der Waals surface area contributed by atoms with Gasteiger partial charge < -0.3 is 14.8 Å². The SMILES string of the molecule is COc1cc(C)cc(OC)c1CC1CNC1. The zero-order chi connectivity index (χ0) is 11.5. The summed E-state index contributed by atoms with van der Waals surface area (Å²) in [6.07, 6.45) is 1.03. The highest BCUT2D eigenvalue weighted by atomic mass is 16.5. The molecule has 0 amide bonds. The Kier molecular flexibility index (Phi) is 3.34. The average molecular weight is 221 g/mol. The van der Waals surface area contributed by atoms with E-state index in [4.69, 9.17) is 9.47 Å². The van der Waals surface area contributed by atoms with Crippen LogP contribution >= 0.6 is 0 Å². The summed E-state index contributed by atoms with van der Waals surface area (Å²) in [5, 5.41) is 3.29. The lowest BCUT2D eigenvalue weighted by molar-refractivity contribution is 0.328. The Labute approximate surface area is 96.8 Å². The maximum absolute atomic E-state index is 5.44. The summed E-state index contributed by atoms with van der Waals surface area (Å²) >= 11 is 0. The van der Waals surface area contributed by atoms with Crippen LogP contribution in [-0.2, 0) is 6.42 Å². The van der Waals surface area contributed by atoms with Crippen molar-refractivity contribution >= 4 is 0 Å². The molecular formula is C13H19NO2. The lowest BCUT2D eigenvalue weighted by Crippen LogP contribution is -2.43. The van der Waals surface area contributed by atoms with Crippen LogP contribution in [0, 0.1) is 12.8 Å². The van der Waals surface area contributed by atoms with E-state index in [9.17, 15) is 0 Å². The molecule has 1 aromatic carbocycles.